The van der Waals surface area contributed by atoms with Gasteiger partial charge in [-0.05, 0) is 61.0 Å². The van der Waals surface area contributed by atoms with Gasteiger partial charge in [-0.3, -0.25) is 4.79 Å². The van der Waals surface area contributed by atoms with Crippen molar-refractivity contribution in [1.29, 1.82) is 0 Å². The zero-order valence-corrected chi connectivity index (χ0v) is 19.5. The summed E-state index contributed by atoms with van der Waals surface area (Å²) in [4.78, 5) is 13.4. The van der Waals surface area contributed by atoms with Crippen LogP contribution in [0.5, 0.6) is 0 Å². The molecule has 0 fully saturated rings. The monoisotopic (exact) mass is 479 g/mol. The predicted molar refractivity (Wildman–Crippen MR) is 129 cm³/mol. The van der Waals surface area contributed by atoms with Crippen LogP contribution in [0.25, 0.3) is 5.69 Å². The molecule has 0 aliphatic rings. The maximum Gasteiger partial charge on any atom is 0.259 e. The molecule has 0 radical (unpaired) electrons. The summed E-state index contributed by atoms with van der Waals surface area (Å²) < 4.78 is 27.6. The van der Waals surface area contributed by atoms with Gasteiger partial charge in [0.05, 0.1) is 32.9 Å². The second kappa shape index (κ2) is 9.60. The number of carbonyl (C=O) groups excluding carboxylic acids is 1. The Kier molecular flexibility index (Phi) is 6.62. The van der Waals surface area contributed by atoms with E-state index < -0.39 is 9.84 Å². The third-order valence-electron chi connectivity index (χ3n) is 5.13. The van der Waals surface area contributed by atoms with Gasteiger partial charge < -0.3 is 5.32 Å². The first-order valence-corrected chi connectivity index (χ1v) is 12.3. The van der Waals surface area contributed by atoms with Crippen LogP contribution in [0.2, 0.25) is 5.02 Å². The van der Waals surface area contributed by atoms with Crippen LogP contribution in [0.4, 0.5) is 5.69 Å². The number of halogens is 1. The van der Waals surface area contributed by atoms with Gasteiger partial charge in [-0.15, -0.1) is 0 Å². The fourth-order valence-electron chi connectivity index (χ4n) is 3.52. The highest BCUT2D eigenvalue weighted by Crippen LogP contribution is 2.24. The molecule has 0 bridgehead atoms. The molecule has 1 heterocycles. The average molecular weight is 480 g/mol. The van der Waals surface area contributed by atoms with Crippen LogP contribution < -0.4 is 5.32 Å². The molecule has 0 atom stereocenters. The molecule has 4 rings (SSSR count). The highest BCUT2D eigenvalue weighted by Gasteiger charge is 2.20. The van der Waals surface area contributed by atoms with Gasteiger partial charge in [0.2, 0.25) is 9.84 Å². The van der Waals surface area contributed by atoms with E-state index in [9.17, 15) is 13.2 Å². The highest BCUT2D eigenvalue weighted by atomic mass is 35.5. The Labute approximate surface area is 197 Å². The molecule has 1 amide bonds. The minimum atomic E-state index is -3.69. The fraction of sp³-hybridized carbons (Fsp3) is 0.120. The van der Waals surface area contributed by atoms with Gasteiger partial charge >= 0.3 is 0 Å². The molecule has 0 aliphatic heterocycles. The number of hydrogen-bond acceptors (Lipinski definition) is 4. The quantitative estimate of drug-likeness (QED) is 0.376. The summed E-state index contributed by atoms with van der Waals surface area (Å²) in [5, 5.41) is 7.84. The zero-order valence-electron chi connectivity index (χ0n) is 17.9. The lowest BCUT2D eigenvalue weighted by molar-refractivity contribution is 0.102. The minimum absolute atomic E-state index is 0.108. The van der Waals surface area contributed by atoms with Gasteiger partial charge in [-0.1, -0.05) is 49.2 Å². The molecule has 8 heteroatoms. The molecule has 1 aromatic heterocycles. The van der Waals surface area contributed by atoms with Crippen LogP contribution >= 0.6 is 11.6 Å². The van der Waals surface area contributed by atoms with E-state index in [2.05, 4.69) is 10.4 Å². The molecule has 1 N–H and O–H groups in total. The molecular formula is C25H22ClN3O3S. The number of anilines is 1. The molecule has 0 aliphatic carbocycles. The van der Waals surface area contributed by atoms with E-state index in [0.29, 0.717) is 22.7 Å². The Morgan fingerprint density at radius 1 is 0.970 bits per heavy atom. The van der Waals surface area contributed by atoms with Gasteiger partial charge in [0, 0.05) is 10.7 Å². The van der Waals surface area contributed by atoms with Crippen LogP contribution in [-0.4, -0.2) is 24.1 Å². The summed E-state index contributed by atoms with van der Waals surface area (Å²) >= 11 is 5.99. The summed E-state index contributed by atoms with van der Waals surface area (Å²) in [7, 11) is -3.69. The number of nitrogens with zero attached hydrogens (tertiary/aromatic N) is 2. The molecule has 33 heavy (non-hydrogen) atoms. The normalized spacial score (nSPS) is 11.3. The Morgan fingerprint density at radius 3 is 2.36 bits per heavy atom. The Morgan fingerprint density at radius 2 is 1.67 bits per heavy atom. The minimum Gasteiger partial charge on any atom is -0.322 e. The molecule has 3 aromatic carbocycles. The van der Waals surface area contributed by atoms with E-state index in [1.165, 1.54) is 18.3 Å². The summed E-state index contributed by atoms with van der Waals surface area (Å²) in [6, 6.07) is 21.7. The second-order valence-corrected chi connectivity index (χ2v) is 9.83. The van der Waals surface area contributed by atoms with E-state index in [1.54, 1.807) is 59.3 Å². The summed E-state index contributed by atoms with van der Waals surface area (Å²) in [5.74, 6) is -0.354. The van der Waals surface area contributed by atoms with Gasteiger partial charge in [-0.25, -0.2) is 13.1 Å². The molecule has 168 valence electrons. The smallest absolute Gasteiger partial charge is 0.259 e. The van der Waals surface area contributed by atoms with Gasteiger partial charge in [-0.2, -0.15) is 5.10 Å². The molecule has 0 saturated heterocycles. The van der Waals surface area contributed by atoms with Gasteiger partial charge in [0.25, 0.3) is 5.91 Å². The van der Waals surface area contributed by atoms with Crippen molar-refractivity contribution in [1.82, 2.24) is 9.78 Å². The van der Waals surface area contributed by atoms with Crippen LogP contribution in [0.3, 0.4) is 0 Å². The first kappa shape index (κ1) is 22.8. The Hall–Kier alpha value is -3.42. The molecule has 6 nitrogen and oxygen atoms in total. The first-order chi connectivity index (χ1) is 15.9. The van der Waals surface area contributed by atoms with Crippen LogP contribution in [0.15, 0.2) is 94.9 Å². The van der Waals surface area contributed by atoms with Crippen LogP contribution in [-0.2, 0) is 16.3 Å². The van der Waals surface area contributed by atoms with Crippen molar-refractivity contribution in [3.63, 3.8) is 0 Å². The third kappa shape index (κ3) is 4.84. The van der Waals surface area contributed by atoms with E-state index >= 15 is 0 Å². The van der Waals surface area contributed by atoms with E-state index in [0.717, 1.165) is 17.8 Å². The van der Waals surface area contributed by atoms with Crippen molar-refractivity contribution < 1.29 is 13.2 Å². The maximum absolute atomic E-state index is 13.1. The number of carbonyl (C=O) groups is 1. The molecule has 0 spiro atoms. The number of hydrogen-bond donors (Lipinski definition) is 1. The first-order valence-electron chi connectivity index (χ1n) is 10.4. The lowest BCUT2D eigenvalue weighted by atomic mass is 10.1. The zero-order chi connectivity index (χ0) is 23.4. The topological polar surface area (TPSA) is 81.1 Å². The van der Waals surface area contributed by atoms with Crippen molar-refractivity contribution >= 4 is 33.0 Å². The predicted octanol–water partition coefficient (Wildman–Crippen LogP) is 5.56. The number of nitrogens with one attached hydrogen (secondary N) is 1. The van der Waals surface area contributed by atoms with Crippen molar-refractivity contribution in [2.45, 2.75) is 29.6 Å². The second-order valence-electron chi connectivity index (χ2n) is 7.44. The van der Waals surface area contributed by atoms with Crippen molar-refractivity contribution in [3.8, 4) is 5.69 Å². The Balaban J connectivity index is 1.63. The van der Waals surface area contributed by atoms with E-state index in [1.807, 2.05) is 19.1 Å². The lowest BCUT2D eigenvalue weighted by Gasteiger charge is -2.11. The summed E-state index contributed by atoms with van der Waals surface area (Å²) in [6.07, 6.45) is 3.00. The fourth-order valence-corrected chi connectivity index (χ4v) is 4.97. The number of amides is 1. The Bertz CT molecular complexity index is 1380. The molecular weight excluding hydrogens is 458 g/mol. The van der Waals surface area contributed by atoms with Gasteiger partial charge in [0.1, 0.15) is 0 Å². The van der Waals surface area contributed by atoms with Crippen LogP contribution in [0, 0.1) is 0 Å². The molecule has 0 saturated carbocycles. The van der Waals surface area contributed by atoms with Crippen molar-refractivity contribution in [3.05, 3.63) is 101 Å². The number of rotatable bonds is 7. The highest BCUT2D eigenvalue weighted by molar-refractivity contribution is 7.91. The maximum atomic E-state index is 13.1. The standard InChI is InChI=1S/C25H22ClN3O3S/c1-2-7-24-23(17-27-29(24)20-14-12-18(26)13-15-20)25(30)28-19-8-6-11-22(16-19)33(31,32)21-9-4-3-5-10-21/h3-6,8-17H,2,7H2,1H3,(H,28,30). The average Bonchev–Trinajstić information content (AvgIpc) is 3.24. The van der Waals surface area contributed by atoms with E-state index in [-0.39, 0.29) is 15.7 Å². The third-order valence-corrected chi connectivity index (χ3v) is 7.15. The number of benzene rings is 3. The van der Waals surface area contributed by atoms with Crippen molar-refractivity contribution in [2.75, 3.05) is 5.32 Å². The molecule has 0 unspecified atom stereocenters. The summed E-state index contributed by atoms with van der Waals surface area (Å²) in [6.45, 7) is 2.03. The van der Waals surface area contributed by atoms with E-state index in [4.69, 9.17) is 11.6 Å². The SMILES string of the molecule is CCCc1c(C(=O)Nc2cccc(S(=O)(=O)c3ccccc3)c2)cnn1-c1ccc(Cl)cc1. The van der Waals surface area contributed by atoms with Crippen LogP contribution in [0.1, 0.15) is 29.4 Å². The van der Waals surface area contributed by atoms with Gasteiger partial charge in [0.15, 0.2) is 0 Å². The number of aromatic nitrogens is 2. The molecule has 4 aromatic rings. The lowest BCUT2D eigenvalue weighted by Crippen LogP contribution is -2.15. The largest absolute Gasteiger partial charge is 0.322 e. The van der Waals surface area contributed by atoms with Crippen molar-refractivity contribution in [2.24, 2.45) is 0 Å². The number of sulfone groups is 1. The summed E-state index contributed by atoms with van der Waals surface area (Å²) in [5.41, 5.74) is 2.39.